The topological polar surface area (TPSA) is 64.6 Å². The van der Waals surface area contributed by atoms with E-state index in [1.807, 2.05) is 39.0 Å². The molecule has 0 bridgehead atoms. The first-order chi connectivity index (χ1) is 11.2. The summed E-state index contributed by atoms with van der Waals surface area (Å²) in [5.74, 6) is 1.27. The summed E-state index contributed by atoms with van der Waals surface area (Å²) in [4.78, 5) is 0.967. The second kappa shape index (κ2) is 7.13. The van der Waals surface area contributed by atoms with Crippen LogP contribution in [0.1, 0.15) is 24.3 Å². The summed E-state index contributed by atoms with van der Waals surface area (Å²) in [7, 11) is -0.334. The van der Waals surface area contributed by atoms with Crippen LogP contribution < -0.4 is 14.2 Å². The Balaban J connectivity index is 2.19. The average Bonchev–Trinajstić information content (AvgIpc) is 3.00. The lowest BCUT2D eigenvalue weighted by Crippen LogP contribution is -2.36. The summed E-state index contributed by atoms with van der Waals surface area (Å²) in [5.41, 5.74) is 0.559. The summed E-state index contributed by atoms with van der Waals surface area (Å²) in [6.45, 7) is 6.13. The molecule has 0 aliphatic carbocycles. The summed E-state index contributed by atoms with van der Waals surface area (Å²) in [5, 5.41) is 0. The van der Waals surface area contributed by atoms with Crippen molar-refractivity contribution in [1.82, 2.24) is 4.72 Å². The fourth-order valence-corrected chi connectivity index (χ4v) is 4.80. The minimum Gasteiger partial charge on any atom is -0.493 e. The molecular formula is C17H23NO4S2. The number of hydrogen-bond acceptors (Lipinski definition) is 5. The Labute approximate surface area is 147 Å². The van der Waals surface area contributed by atoms with Gasteiger partial charge in [0.1, 0.15) is 4.21 Å². The van der Waals surface area contributed by atoms with Crippen LogP contribution in [0.4, 0.5) is 0 Å². The molecule has 1 aromatic heterocycles. The van der Waals surface area contributed by atoms with Gasteiger partial charge in [-0.25, -0.2) is 13.1 Å². The molecule has 0 fully saturated rings. The fraction of sp³-hybridized carbons (Fsp3) is 0.412. The van der Waals surface area contributed by atoms with Crippen molar-refractivity contribution in [3.63, 3.8) is 0 Å². The van der Waals surface area contributed by atoms with Crippen molar-refractivity contribution in [2.24, 2.45) is 0 Å². The van der Waals surface area contributed by atoms with Crippen molar-refractivity contribution < 1.29 is 17.9 Å². The van der Waals surface area contributed by atoms with E-state index >= 15 is 0 Å². The molecule has 0 amide bonds. The maximum absolute atomic E-state index is 12.4. The van der Waals surface area contributed by atoms with Crippen molar-refractivity contribution >= 4 is 21.4 Å². The first-order valence-electron chi connectivity index (χ1n) is 7.48. The largest absolute Gasteiger partial charge is 0.493 e. The number of aryl methyl sites for hydroxylation is 1. The minimum absolute atomic E-state index is 0.280. The number of thiophene rings is 1. The van der Waals surface area contributed by atoms with E-state index in [-0.39, 0.29) is 6.54 Å². The van der Waals surface area contributed by atoms with E-state index in [9.17, 15) is 8.42 Å². The summed E-state index contributed by atoms with van der Waals surface area (Å²) in [6.07, 6.45) is 0. The molecule has 0 unspecified atom stereocenters. The highest BCUT2D eigenvalue weighted by Gasteiger charge is 2.26. The van der Waals surface area contributed by atoms with Crippen molar-refractivity contribution in [2.75, 3.05) is 20.8 Å². The predicted molar refractivity (Wildman–Crippen MR) is 96.8 cm³/mol. The molecule has 2 aromatic rings. The molecule has 2 rings (SSSR count). The SMILES string of the molecule is COc1ccc(C(C)(C)CNS(=O)(=O)c2ccc(C)s2)cc1OC. The lowest BCUT2D eigenvalue weighted by molar-refractivity contribution is 0.353. The van der Waals surface area contributed by atoms with Crippen molar-refractivity contribution in [1.29, 1.82) is 0 Å². The normalized spacial score (nSPS) is 12.2. The molecule has 24 heavy (non-hydrogen) atoms. The van der Waals surface area contributed by atoms with E-state index in [0.29, 0.717) is 15.7 Å². The van der Waals surface area contributed by atoms with Crippen LogP contribution in [0.15, 0.2) is 34.5 Å². The molecule has 0 radical (unpaired) electrons. The van der Waals surface area contributed by atoms with Crippen molar-refractivity contribution in [3.05, 3.63) is 40.8 Å². The van der Waals surface area contributed by atoms with Gasteiger partial charge in [-0.3, -0.25) is 0 Å². The smallest absolute Gasteiger partial charge is 0.250 e. The Morgan fingerprint density at radius 2 is 1.75 bits per heavy atom. The summed E-state index contributed by atoms with van der Waals surface area (Å²) < 4.78 is 38.4. The van der Waals surface area contributed by atoms with E-state index < -0.39 is 15.4 Å². The third kappa shape index (κ3) is 4.09. The van der Waals surface area contributed by atoms with Gasteiger partial charge >= 0.3 is 0 Å². The van der Waals surface area contributed by atoms with E-state index in [4.69, 9.17) is 9.47 Å². The maximum atomic E-state index is 12.4. The zero-order chi connectivity index (χ0) is 18.0. The van der Waals surface area contributed by atoms with E-state index in [1.54, 1.807) is 26.4 Å². The van der Waals surface area contributed by atoms with Gasteiger partial charge in [-0.05, 0) is 36.8 Å². The molecule has 0 saturated heterocycles. The molecule has 132 valence electrons. The second-order valence-electron chi connectivity index (χ2n) is 6.14. The number of hydrogen-bond donors (Lipinski definition) is 1. The fourth-order valence-electron chi connectivity index (χ4n) is 2.26. The lowest BCUT2D eigenvalue weighted by Gasteiger charge is -2.26. The second-order valence-corrected chi connectivity index (χ2v) is 9.42. The molecule has 1 heterocycles. The highest BCUT2D eigenvalue weighted by Crippen LogP contribution is 2.33. The molecule has 0 atom stereocenters. The summed E-state index contributed by atoms with van der Waals surface area (Å²) in [6, 6.07) is 9.06. The molecule has 0 aliphatic heterocycles. The number of benzene rings is 1. The molecule has 1 N–H and O–H groups in total. The third-order valence-electron chi connectivity index (χ3n) is 3.85. The van der Waals surface area contributed by atoms with Gasteiger partial charge in [0.15, 0.2) is 11.5 Å². The molecular weight excluding hydrogens is 346 g/mol. The van der Waals surface area contributed by atoms with Crippen LogP contribution >= 0.6 is 11.3 Å². The van der Waals surface area contributed by atoms with Gasteiger partial charge in [0, 0.05) is 16.8 Å². The van der Waals surface area contributed by atoms with Crippen LogP contribution in [-0.4, -0.2) is 29.2 Å². The van der Waals surface area contributed by atoms with Crippen LogP contribution in [0.5, 0.6) is 11.5 Å². The van der Waals surface area contributed by atoms with Gasteiger partial charge in [0.05, 0.1) is 14.2 Å². The van der Waals surface area contributed by atoms with Gasteiger partial charge < -0.3 is 9.47 Å². The third-order valence-corrected chi connectivity index (χ3v) is 6.74. The van der Waals surface area contributed by atoms with E-state index in [0.717, 1.165) is 10.4 Å². The van der Waals surface area contributed by atoms with Crippen molar-refractivity contribution in [2.45, 2.75) is 30.4 Å². The van der Waals surface area contributed by atoms with Crippen molar-refractivity contribution in [3.8, 4) is 11.5 Å². The number of sulfonamides is 1. The van der Waals surface area contributed by atoms with Crippen LogP contribution in [0.2, 0.25) is 0 Å². The van der Waals surface area contributed by atoms with Gasteiger partial charge in [-0.1, -0.05) is 19.9 Å². The van der Waals surface area contributed by atoms with Crippen LogP contribution in [-0.2, 0) is 15.4 Å². The average molecular weight is 370 g/mol. The zero-order valence-corrected chi connectivity index (χ0v) is 16.2. The Hall–Kier alpha value is -1.57. The van der Waals surface area contributed by atoms with Gasteiger partial charge in [-0.15, -0.1) is 11.3 Å². The Morgan fingerprint density at radius 1 is 1.08 bits per heavy atom. The highest BCUT2D eigenvalue weighted by molar-refractivity contribution is 7.91. The lowest BCUT2D eigenvalue weighted by atomic mass is 9.85. The molecule has 1 aromatic carbocycles. The molecule has 7 heteroatoms. The molecule has 0 saturated carbocycles. The first-order valence-corrected chi connectivity index (χ1v) is 9.78. The number of rotatable bonds is 7. The number of nitrogens with one attached hydrogen (secondary N) is 1. The minimum atomic E-state index is -3.50. The van der Waals surface area contributed by atoms with Gasteiger partial charge in [0.25, 0.3) is 0 Å². The Morgan fingerprint density at radius 3 is 2.29 bits per heavy atom. The van der Waals surface area contributed by atoms with E-state index in [2.05, 4.69) is 4.72 Å². The zero-order valence-electron chi connectivity index (χ0n) is 14.5. The van der Waals surface area contributed by atoms with Crippen LogP contribution in [0.25, 0.3) is 0 Å². The number of ether oxygens (including phenoxy) is 2. The quantitative estimate of drug-likeness (QED) is 0.813. The number of methoxy groups -OCH3 is 2. The van der Waals surface area contributed by atoms with Crippen LogP contribution in [0, 0.1) is 6.92 Å². The highest BCUT2D eigenvalue weighted by atomic mass is 32.2. The standard InChI is InChI=1S/C17H23NO4S2/c1-12-6-9-16(23-12)24(19,20)18-11-17(2,3)13-7-8-14(21-4)15(10-13)22-5/h6-10,18H,11H2,1-5H3. The maximum Gasteiger partial charge on any atom is 0.250 e. The molecule has 0 aliphatic rings. The monoisotopic (exact) mass is 369 g/mol. The van der Waals surface area contributed by atoms with Gasteiger partial charge in [-0.2, -0.15) is 0 Å². The molecule has 5 nitrogen and oxygen atoms in total. The van der Waals surface area contributed by atoms with Crippen LogP contribution in [0.3, 0.4) is 0 Å². The van der Waals surface area contributed by atoms with Gasteiger partial charge in [0.2, 0.25) is 10.0 Å². The Bertz CT molecular complexity index is 810. The van der Waals surface area contributed by atoms with E-state index in [1.165, 1.54) is 11.3 Å². The Kier molecular flexibility index (Phi) is 5.57. The molecule has 0 spiro atoms. The summed E-state index contributed by atoms with van der Waals surface area (Å²) >= 11 is 1.27. The first kappa shape index (κ1) is 18.8. The predicted octanol–water partition coefficient (Wildman–Crippen LogP) is 3.33.